The van der Waals surface area contributed by atoms with Crippen molar-refractivity contribution in [2.45, 2.75) is 70.9 Å². The molecule has 2 N–H and O–H groups in total. The minimum absolute atomic E-state index is 0.00935. The van der Waals surface area contributed by atoms with Gasteiger partial charge in [-0.05, 0) is 67.0 Å². The van der Waals surface area contributed by atoms with E-state index in [4.69, 9.17) is 4.98 Å². The summed E-state index contributed by atoms with van der Waals surface area (Å²) in [6, 6.07) is 28.7. The third kappa shape index (κ3) is 5.71. The monoisotopic (exact) mass is 559 g/mol. The van der Waals surface area contributed by atoms with Crippen molar-refractivity contribution in [2.24, 2.45) is 5.92 Å². The average Bonchev–Trinajstić information content (AvgIpc) is 3.13. The molecule has 1 aliphatic rings. The lowest BCUT2D eigenvalue weighted by Crippen LogP contribution is -2.37. The Labute approximate surface area is 248 Å². The Morgan fingerprint density at radius 3 is 2.31 bits per heavy atom. The third-order valence-corrected chi connectivity index (χ3v) is 9.08. The van der Waals surface area contributed by atoms with Crippen LogP contribution in [-0.2, 0) is 11.3 Å². The number of amides is 1. The number of carbonyl (C=O) groups excluding carboxylic acids is 1. The van der Waals surface area contributed by atoms with E-state index >= 15 is 0 Å². The van der Waals surface area contributed by atoms with Gasteiger partial charge in [0.15, 0.2) is 0 Å². The van der Waals surface area contributed by atoms with E-state index in [1.165, 1.54) is 40.3 Å². The zero-order chi connectivity index (χ0) is 29.1. The maximum atomic E-state index is 14.0. The second kappa shape index (κ2) is 12.5. The van der Waals surface area contributed by atoms with E-state index < -0.39 is 6.04 Å². The second-order valence-corrected chi connectivity index (χ2v) is 12.0. The summed E-state index contributed by atoms with van der Waals surface area (Å²) in [6.45, 7) is 4.81. The van der Waals surface area contributed by atoms with Crippen molar-refractivity contribution < 1.29 is 9.90 Å². The standard InChI is InChI=1S/C37H41N3O2/c1-25-22-26(2)38-36-34(25)31-16-10-11-17-33(31)40(36)23-27-18-20-30(21-19-27)35(29-14-6-3-4-7-15-29)37(42)39-32(24-41)28-12-8-5-9-13-28/h5,8-13,16-22,29,32,35,41H,3-4,6-7,14-15,23-24H2,1-2H3,(H,39,42)/t32-,35-/m0/s1. The molecule has 5 heteroatoms. The molecule has 0 radical (unpaired) electrons. The molecule has 0 bridgehead atoms. The van der Waals surface area contributed by atoms with Crippen LogP contribution in [0, 0.1) is 19.8 Å². The smallest absolute Gasteiger partial charge is 0.228 e. The summed E-state index contributed by atoms with van der Waals surface area (Å²) >= 11 is 0. The Hall–Kier alpha value is -3.96. The molecule has 216 valence electrons. The fourth-order valence-electron chi connectivity index (χ4n) is 7.02. The summed E-state index contributed by atoms with van der Waals surface area (Å²) in [5.74, 6) is 0.0613. The number of aromatic nitrogens is 2. The van der Waals surface area contributed by atoms with Gasteiger partial charge in [0.05, 0.1) is 24.1 Å². The van der Waals surface area contributed by atoms with E-state index in [0.29, 0.717) is 12.5 Å². The molecule has 42 heavy (non-hydrogen) atoms. The summed E-state index contributed by atoms with van der Waals surface area (Å²) in [6.07, 6.45) is 6.90. The first-order chi connectivity index (χ1) is 20.5. The summed E-state index contributed by atoms with van der Waals surface area (Å²) in [5.41, 5.74) is 7.63. The number of hydrogen-bond acceptors (Lipinski definition) is 3. The molecule has 1 aliphatic carbocycles. The first-order valence-corrected chi connectivity index (χ1v) is 15.4. The first kappa shape index (κ1) is 28.2. The number of benzene rings is 3. The van der Waals surface area contributed by atoms with Gasteiger partial charge in [0, 0.05) is 23.0 Å². The minimum atomic E-state index is -0.416. The number of aliphatic hydroxyl groups is 1. The molecule has 2 aromatic heterocycles. The predicted molar refractivity (Wildman–Crippen MR) is 171 cm³/mol. The predicted octanol–water partition coefficient (Wildman–Crippen LogP) is 7.76. The zero-order valence-corrected chi connectivity index (χ0v) is 24.7. The highest BCUT2D eigenvalue weighted by atomic mass is 16.3. The minimum Gasteiger partial charge on any atom is -0.394 e. The van der Waals surface area contributed by atoms with E-state index in [1.54, 1.807) is 0 Å². The van der Waals surface area contributed by atoms with E-state index in [1.807, 2.05) is 30.3 Å². The van der Waals surface area contributed by atoms with Gasteiger partial charge >= 0.3 is 0 Å². The Bertz CT molecular complexity index is 1660. The number of nitrogens with one attached hydrogen (secondary N) is 1. The number of para-hydroxylation sites is 1. The van der Waals surface area contributed by atoms with Gasteiger partial charge in [0.25, 0.3) is 0 Å². The first-order valence-electron chi connectivity index (χ1n) is 15.4. The van der Waals surface area contributed by atoms with Gasteiger partial charge in [-0.3, -0.25) is 4.79 Å². The van der Waals surface area contributed by atoms with Crippen LogP contribution in [0.1, 0.15) is 78.4 Å². The van der Waals surface area contributed by atoms with Crippen LogP contribution < -0.4 is 5.32 Å². The number of hydrogen-bond donors (Lipinski definition) is 2. The van der Waals surface area contributed by atoms with Gasteiger partial charge in [-0.25, -0.2) is 4.98 Å². The van der Waals surface area contributed by atoms with Gasteiger partial charge in [-0.1, -0.05) is 98.5 Å². The van der Waals surface area contributed by atoms with Crippen molar-refractivity contribution in [3.05, 3.63) is 113 Å². The molecule has 1 amide bonds. The topological polar surface area (TPSA) is 67.2 Å². The number of aliphatic hydroxyl groups excluding tert-OH is 1. The van der Waals surface area contributed by atoms with E-state index in [2.05, 4.69) is 78.3 Å². The molecule has 2 atom stereocenters. The molecule has 1 saturated carbocycles. The van der Waals surface area contributed by atoms with Gasteiger partial charge < -0.3 is 15.0 Å². The number of carbonyl (C=O) groups is 1. The molecule has 0 aliphatic heterocycles. The Morgan fingerprint density at radius 1 is 0.905 bits per heavy atom. The van der Waals surface area contributed by atoms with Gasteiger partial charge in [0.2, 0.25) is 5.91 Å². The Morgan fingerprint density at radius 2 is 1.60 bits per heavy atom. The molecular formula is C37H41N3O2. The summed E-state index contributed by atoms with van der Waals surface area (Å²) < 4.78 is 2.32. The normalized spacial score (nSPS) is 15.9. The highest BCUT2D eigenvalue weighted by Crippen LogP contribution is 2.37. The molecule has 0 unspecified atom stereocenters. The highest BCUT2D eigenvalue weighted by molar-refractivity contribution is 6.08. The zero-order valence-electron chi connectivity index (χ0n) is 24.7. The number of rotatable bonds is 8. The number of fused-ring (bicyclic) bond motifs is 3. The molecule has 1 fully saturated rings. The molecule has 5 nitrogen and oxygen atoms in total. The molecular weight excluding hydrogens is 518 g/mol. The number of pyridine rings is 1. The fraction of sp³-hybridized carbons (Fsp3) is 0.351. The highest BCUT2D eigenvalue weighted by Gasteiger charge is 2.32. The average molecular weight is 560 g/mol. The summed E-state index contributed by atoms with van der Waals surface area (Å²) in [4.78, 5) is 18.9. The lowest BCUT2D eigenvalue weighted by Gasteiger charge is -2.28. The largest absolute Gasteiger partial charge is 0.394 e. The molecule has 0 spiro atoms. The maximum absolute atomic E-state index is 14.0. The molecule has 6 rings (SSSR count). The van der Waals surface area contributed by atoms with Gasteiger partial charge in [-0.2, -0.15) is 0 Å². The van der Waals surface area contributed by atoms with Crippen LogP contribution in [0.3, 0.4) is 0 Å². The maximum Gasteiger partial charge on any atom is 0.228 e. The lowest BCUT2D eigenvalue weighted by atomic mass is 9.80. The van der Waals surface area contributed by atoms with Crippen LogP contribution in [0.5, 0.6) is 0 Å². The van der Waals surface area contributed by atoms with Crippen molar-refractivity contribution in [3.8, 4) is 0 Å². The third-order valence-electron chi connectivity index (χ3n) is 9.08. The van der Waals surface area contributed by atoms with Gasteiger partial charge in [0.1, 0.15) is 5.65 Å². The molecule has 0 saturated heterocycles. The molecule has 5 aromatic rings. The Kier molecular flexibility index (Phi) is 8.38. The number of nitrogens with zero attached hydrogens (tertiary/aromatic N) is 2. The quantitative estimate of drug-likeness (QED) is 0.191. The van der Waals surface area contributed by atoms with Crippen LogP contribution >= 0.6 is 0 Å². The van der Waals surface area contributed by atoms with Crippen LogP contribution in [0.4, 0.5) is 0 Å². The van der Waals surface area contributed by atoms with E-state index in [0.717, 1.165) is 48.2 Å². The van der Waals surface area contributed by atoms with Crippen LogP contribution in [0.15, 0.2) is 84.9 Å². The van der Waals surface area contributed by atoms with Crippen molar-refractivity contribution >= 4 is 27.8 Å². The van der Waals surface area contributed by atoms with Crippen LogP contribution in [0.25, 0.3) is 21.9 Å². The van der Waals surface area contributed by atoms with Crippen LogP contribution in [0.2, 0.25) is 0 Å². The van der Waals surface area contributed by atoms with Crippen molar-refractivity contribution in [2.75, 3.05) is 6.61 Å². The second-order valence-electron chi connectivity index (χ2n) is 12.0. The van der Waals surface area contributed by atoms with E-state index in [9.17, 15) is 9.90 Å². The molecule has 3 aromatic carbocycles. The van der Waals surface area contributed by atoms with E-state index in [-0.39, 0.29) is 18.4 Å². The van der Waals surface area contributed by atoms with Crippen molar-refractivity contribution in [3.63, 3.8) is 0 Å². The summed E-state index contributed by atoms with van der Waals surface area (Å²) in [5, 5.41) is 15.8. The van der Waals surface area contributed by atoms with Crippen molar-refractivity contribution in [1.29, 1.82) is 0 Å². The van der Waals surface area contributed by atoms with Gasteiger partial charge in [-0.15, -0.1) is 0 Å². The SMILES string of the molecule is Cc1cc(C)c2c3ccccc3n(Cc3ccc([C@@H](C(=O)N[C@@H](CO)c4ccccc4)C4CCCCCC4)cc3)c2n1. The Balaban J connectivity index is 1.31. The van der Waals surface area contributed by atoms with Crippen LogP contribution in [-0.4, -0.2) is 27.2 Å². The molecule has 2 heterocycles. The van der Waals surface area contributed by atoms with Crippen molar-refractivity contribution in [1.82, 2.24) is 14.9 Å². The number of aryl methyl sites for hydroxylation is 2. The lowest BCUT2D eigenvalue weighted by molar-refractivity contribution is -0.125. The summed E-state index contributed by atoms with van der Waals surface area (Å²) in [7, 11) is 0. The fourth-order valence-corrected chi connectivity index (χ4v) is 7.02.